The second-order valence-corrected chi connectivity index (χ2v) is 8.35. The van der Waals surface area contributed by atoms with Gasteiger partial charge in [0.25, 0.3) is 5.91 Å². The summed E-state index contributed by atoms with van der Waals surface area (Å²) in [5, 5.41) is 5.56. The van der Waals surface area contributed by atoms with Gasteiger partial charge in [-0.1, -0.05) is 49.4 Å². The number of thiophene rings is 1. The summed E-state index contributed by atoms with van der Waals surface area (Å²) in [6.45, 7) is 2.75. The van der Waals surface area contributed by atoms with Crippen LogP contribution in [0.25, 0.3) is 11.1 Å². The number of carbonyl (C=O) groups excluding carboxylic acids is 2. The summed E-state index contributed by atoms with van der Waals surface area (Å²) < 4.78 is 5.75. The van der Waals surface area contributed by atoms with Gasteiger partial charge in [-0.3, -0.25) is 9.59 Å². The highest BCUT2D eigenvalue weighted by molar-refractivity contribution is 7.15. The molecule has 1 aliphatic heterocycles. The number of ketones is 1. The average molecular weight is 420 g/mol. The zero-order valence-corrected chi connectivity index (χ0v) is 17.8. The molecule has 1 aliphatic rings. The Morgan fingerprint density at radius 1 is 1.13 bits per heavy atom. The molecule has 1 atom stereocenters. The van der Waals surface area contributed by atoms with Gasteiger partial charge in [-0.2, -0.15) is 0 Å². The lowest BCUT2D eigenvalue weighted by atomic mass is 9.99. The van der Waals surface area contributed by atoms with Crippen LogP contribution in [0.4, 0.5) is 5.00 Å². The summed E-state index contributed by atoms with van der Waals surface area (Å²) in [4.78, 5) is 25.9. The molecule has 154 valence electrons. The van der Waals surface area contributed by atoms with Gasteiger partial charge in [0.1, 0.15) is 5.00 Å². The van der Waals surface area contributed by atoms with Crippen LogP contribution >= 0.6 is 11.3 Å². The Hall–Kier alpha value is -2.76. The minimum Gasteiger partial charge on any atom is -0.374 e. The highest BCUT2D eigenvalue weighted by atomic mass is 32.1. The molecule has 1 unspecified atom stereocenters. The molecule has 2 heterocycles. The maximum absolute atomic E-state index is 13.0. The summed E-state index contributed by atoms with van der Waals surface area (Å²) in [5.41, 5.74) is 4.07. The molecule has 30 heavy (non-hydrogen) atoms. The van der Waals surface area contributed by atoms with E-state index in [0.29, 0.717) is 22.5 Å². The first-order chi connectivity index (χ1) is 14.7. The summed E-state index contributed by atoms with van der Waals surface area (Å²) in [5.74, 6) is -0.150. The Morgan fingerprint density at radius 2 is 1.97 bits per heavy atom. The second-order valence-electron chi connectivity index (χ2n) is 7.47. The maximum atomic E-state index is 13.0. The van der Waals surface area contributed by atoms with E-state index in [4.69, 9.17) is 4.74 Å². The molecule has 0 aliphatic carbocycles. The number of benzene rings is 2. The molecule has 4 rings (SSSR count). The van der Waals surface area contributed by atoms with Crippen molar-refractivity contribution in [3.63, 3.8) is 0 Å². The zero-order valence-electron chi connectivity index (χ0n) is 17.0. The molecule has 2 aromatic carbocycles. The van der Waals surface area contributed by atoms with Gasteiger partial charge in [-0.25, -0.2) is 0 Å². The van der Waals surface area contributed by atoms with Crippen LogP contribution in [-0.2, 0) is 4.74 Å². The third-order valence-electron chi connectivity index (χ3n) is 5.31. The molecule has 0 spiro atoms. The second kappa shape index (κ2) is 9.37. The van der Waals surface area contributed by atoms with E-state index in [9.17, 15) is 9.59 Å². The highest BCUT2D eigenvalue weighted by Crippen LogP contribution is 2.37. The van der Waals surface area contributed by atoms with Crippen LogP contribution in [0.3, 0.4) is 0 Å². The minimum absolute atomic E-state index is 0.0565. The molecule has 5 heteroatoms. The van der Waals surface area contributed by atoms with E-state index in [1.54, 1.807) is 6.07 Å². The van der Waals surface area contributed by atoms with Crippen LogP contribution in [0.2, 0.25) is 0 Å². The molecule has 1 saturated heterocycles. The van der Waals surface area contributed by atoms with Crippen LogP contribution in [0, 0.1) is 0 Å². The van der Waals surface area contributed by atoms with Crippen LogP contribution in [0.1, 0.15) is 65.0 Å². The lowest BCUT2D eigenvalue weighted by Crippen LogP contribution is -2.14. The number of anilines is 1. The van der Waals surface area contributed by atoms with Gasteiger partial charge in [0.05, 0.1) is 11.7 Å². The summed E-state index contributed by atoms with van der Waals surface area (Å²) in [6.07, 6.45) is 3.30. The zero-order chi connectivity index (χ0) is 20.9. The number of nitrogens with one attached hydrogen (secondary N) is 1. The third-order valence-corrected chi connectivity index (χ3v) is 6.20. The number of ether oxygens (including phenoxy) is 1. The van der Waals surface area contributed by atoms with Crippen molar-refractivity contribution in [2.24, 2.45) is 0 Å². The van der Waals surface area contributed by atoms with Gasteiger partial charge < -0.3 is 10.1 Å². The fourth-order valence-electron chi connectivity index (χ4n) is 3.80. The van der Waals surface area contributed by atoms with Crippen molar-refractivity contribution < 1.29 is 14.3 Å². The van der Waals surface area contributed by atoms with Gasteiger partial charge in [0, 0.05) is 29.5 Å². The Bertz CT molecular complexity index is 1040. The fraction of sp³-hybridized carbons (Fsp3) is 0.280. The van der Waals surface area contributed by atoms with Gasteiger partial charge in [-0.15, -0.1) is 11.3 Å². The summed E-state index contributed by atoms with van der Waals surface area (Å²) in [7, 11) is 0. The molecule has 1 fully saturated rings. The van der Waals surface area contributed by atoms with E-state index in [2.05, 4.69) is 5.32 Å². The monoisotopic (exact) mass is 419 g/mol. The normalized spacial score (nSPS) is 15.8. The predicted molar refractivity (Wildman–Crippen MR) is 121 cm³/mol. The van der Waals surface area contributed by atoms with Gasteiger partial charge in [0.15, 0.2) is 5.78 Å². The molecule has 4 nitrogen and oxygen atoms in total. The average Bonchev–Trinajstić information content (AvgIpc) is 3.45. The molecule has 3 aromatic rings. The number of rotatable bonds is 7. The Balaban J connectivity index is 1.63. The van der Waals surface area contributed by atoms with Crippen LogP contribution < -0.4 is 5.32 Å². The van der Waals surface area contributed by atoms with Gasteiger partial charge in [0.2, 0.25) is 0 Å². The highest BCUT2D eigenvalue weighted by Gasteiger charge is 2.22. The van der Waals surface area contributed by atoms with E-state index < -0.39 is 0 Å². The third kappa shape index (κ3) is 4.37. The standard InChI is InChI=1S/C25H25NO3S/c1-2-8-21(27)23-20(17-9-4-3-5-10-17)16-30-25(23)26-24(28)19-12-6-11-18(15-19)22-13-7-14-29-22/h3-6,9-12,15-16,22H,2,7-8,13-14H2,1H3,(H,26,28). The SMILES string of the molecule is CCCC(=O)c1c(-c2ccccc2)csc1NC(=O)c1cccc(C2CCCO2)c1. The lowest BCUT2D eigenvalue weighted by molar-refractivity contribution is 0.0983. The maximum Gasteiger partial charge on any atom is 0.256 e. The topological polar surface area (TPSA) is 55.4 Å². The van der Waals surface area contributed by atoms with Crippen LogP contribution in [0.5, 0.6) is 0 Å². The van der Waals surface area contributed by atoms with E-state index in [0.717, 1.165) is 42.6 Å². The molecule has 1 N–H and O–H groups in total. The van der Waals surface area contributed by atoms with Crippen molar-refractivity contribution >= 4 is 28.0 Å². The van der Waals surface area contributed by atoms with Crippen molar-refractivity contribution in [3.05, 3.63) is 76.7 Å². The lowest BCUT2D eigenvalue weighted by Gasteiger charge is -2.12. The summed E-state index contributed by atoms with van der Waals surface area (Å²) >= 11 is 1.40. The number of Topliss-reactive ketones (excluding diaryl/α,β-unsaturated/α-hetero) is 1. The molecule has 1 aromatic heterocycles. The van der Waals surface area contributed by atoms with E-state index in [1.807, 2.05) is 60.8 Å². The fourth-order valence-corrected chi connectivity index (χ4v) is 4.79. The molecule has 1 amide bonds. The van der Waals surface area contributed by atoms with E-state index in [-0.39, 0.29) is 17.8 Å². The molecule has 0 saturated carbocycles. The summed E-state index contributed by atoms with van der Waals surface area (Å²) in [6, 6.07) is 17.4. The quantitative estimate of drug-likeness (QED) is 0.445. The van der Waals surface area contributed by atoms with Crippen LogP contribution in [-0.4, -0.2) is 18.3 Å². The van der Waals surface area contributed by atoms with Crippen molar-refractivity contribution in [1.82, 2.24) is 0 Å². The van der Waals surface area contributed by atoms with E-state index in [1.165, 1.54) is 11.3 Å². The first-order valence-corrected chi connectivity index (χ1v) is 11.3. The first-order valence-electron chi connectivity index (χ1n) is 10.4. The van der Waals surface area contributed by atoms with Gasteiger partial charge >= 0.3 is 0 Å². The number of amides is 1. The Kier molecular flexibility index (Phi) is 6.41. The number of carbonyl (C=O) groups is 2. The van der Waals surface area contributed by atoms with Crippen molar-refractivity contribution in [1.29, 1.82) is 0 Å². The Labute approximate surface area is 180 Å². The molecular formula is C25H25NO3S. The molecular weight excluding hydrogens is 394 g/mol. The Morgan fingerprint density at radius 3 is 2.70 bits per heavy atom. The van der Waals surface area contributed by atoms with Crippen LogP contribution in [0.15, 0.2) is 60.0 Å². The molecule has 0 radical (unpaired) electrons. The van der Waals surface area contributed by atoms with Gasteiger partial charge in [-0.05, 0) is 42.5 Å². The molecule has 0 bridgehead atoms. The van der Waals surface area contributed by atoms with E-state index >= 15 is 0 Å². The van der Waals surface area contributed by atoms with Crippen molar-refractivity contribution in [2.75, 3.05) is 11.9 Å². The van der Waals surface area contributed by atoms with Crippen molar-refractivity contribution in [3.8, 4) is 11.1 Å². The smallest absolute Gasteiger partial charge is 0.256 e. The number of hydrogen-bond donors (Lipinski definition) is 1. The van der Waals surface area contributed by atoms with Crippen molar-refractivity contribution in [2.45, 2.75) is 38.7 Å². The largest absolute Gasteiger partial charge is 0.374 e. The number of hydrogen-bond acceptors (Lipinski definition) is 4. The first kappa shape index (κ1) is 20.5. The minimum atomic E-state index is -0.207. The predicted octanol–water partition coefficient (Wildman–Crippen LogP) is 6.50.